The van der Waals surface area contributed by atoms with Gasteiger partial charge in [0, 0.05) is 6.04 Å². The SMILES string of the molecule is COc1cc([C@@H](C)N)ccc1OCc1ccc(CO)cc1. The van der Waals surface area contributed by atoms with E-state index in [1.807, 2.05) is 49.4 Å². The van der Waals surface area contributed by atoms with E-state index in [4.69, 9.17) is 20.3 Å². The zero-order valence-corrected chi connectivity index (χ0v) is 12.4. The lowest BCUT2D eigenvalue weighted by Gasteiger charge is -2.13. The van der Waals surface area contributed by atoms with Gasteiger partial charge in [-0.2, -0.15) is 0 Å². The summed E-state index contributed by atoms with van der Waals surface area (Å²) < 4.78 is 11.1. The fraction of sp³-hybridized carbons (Fsp3) is 0.294. The van der Waals surface area contributed by atoms with Crippen molar-refractivity contribution >= 4 is 0 Å². The van der Waals surface area contributed by atoms with Gasteiger partial charge in [-0.15, -0.1) is 0 Å². The number of benzene rings is 2. The number of methoxy groups -OCH3 is 1. The fourth-order valence-electron chi connectivity index (χ4n) is 1.99. The molecule has 3 N–H and O–H groups in total. The number of hydrogen-bond donors (Lipinski definition) is 2. The fourth-order valence-corrected chi connectivity index (χ4v) is 1.99. The van der Waals surface area contributed by atoms with Gasteiger partial charge in [-0.1, -0.05) is 30.3 Å². The minimum Gasteiger partial charge on any atom is -0.493 e. The second kappa shape index (κ2) is 7.11. The number of nitrogens with two attached hydrogens (primary N) is 1. The first kappa shape index (κ1) is 15.4. The van der Waals surface area contributed by atoms with Crippen molar-refractivity contribution in [2.75, 3.05) is 7.11 Å². The number of hydrogen-bond acceptors (Lipinski definition) is 4. The molecule has 2 aromatic rings. The maximum Gasteiger partial charge on any atom is 0.161 e. The summed E-state index contributed by atoms with van der Waals surface area (Å²) in [6.45, 7) is 2.42. The van der Waals surface area contributed by atoms with Gasteiger partial charge < -0.3 is 20.3 Å². The molecule has 2 aromatic carbocycles. The van der Waals surface area contributed by atoms with Crippen molar-refractivity contribution < 1.29 is 14.6 Å². The van der Waals surface area contributed by atoms with Crippen molar-refractivity contribution in [1.29, 1.82) is 0 Å². The second-order valence-corrected chi connectivity index (χ2v) is 4.96. The first-order valence-corrected chi connectivity index (χ1v) is 6.89. The van der Waals surface area contributed by atoms with Gasteiger partial charge in [0.25, 0.3) is 0 Å². The van der Waals surface area contributed by atoms with Crippen molar-refractivity contribution in [1.82, 2.24) is 0 Å². The van der Waals surface area contributed by atoms with Crippen LogP contribution in [0.5, 0.6) is 11.5 Å². The van der Waals surface area contributed by atoms with Crippen molar-refractivity contribution in [3.8, 4) is 11.5 Å². The van der Waals surface area contributed by atoms with E-state index in [-0.39, 0.29) is 12.6 Å². The molecular weight excluding hydrogens is 266 g/mol. The van der Waals surface area contributed by atoms with E-state index in [1.54, 1.807) is 7.11 Å². The molecule has 0 saturated heterocycles. The number of aliphatic hydroxyl groups is 1. The average molecular weight is 287 g/mol. The van der Waals surface area contributed by atoms with Crippen molar-refractivity contribution in [3.05, 3.63) is 59.2 Å². The summed E-state index contributed by atoms with van der Waals surface area (Å²) in [4.78, 5) is 0. The van der Waals surface area contributed by atoms with Crippen molar-refractivity contribution in [2.24, 2.45) is 5.73 Å². The normalized spacial score (nSPS) is 12.0. The van der Waals surface area contributed by atoms with Gasteiger partial charge in [0.15, 0.2) is 11.5 Å². The Kier molecular flexibility index (Phi) is 5.20. The zero-order valence-electron chi connectivity index (χ0n) is 12.4. The molecule has 1 atom stereocenters. The molecule has 0 aliphatic rings. The molecule has 0 bridgehead atoms. The van der Waals surface area contributed by atoms with E-state index in [0.717, 1.165) is 16.7 Å². The average Bonchev–Trinajstić information content (AvgIpc) is 2.53. The molecular formula is C17H21NO3. The molecule has 4 nitrogen and oxygen atoms in total. The molecule has 0 aromatic heterocycles. The van der Waals surface area contributed by atoms with Gasteiger partial charge in [-0.05, 0) is 35.7 Å². The lowest BCUT2D eigenvalue weighted by molar-refractivity contribution is 0.279. The van der Waals surface area contributed by atoms with E-state index >= 15 is 0 Å². The first-order valence-electron chi connectivity index (χ1n) is 6.89. The molecule has 0 saturated carbocycles. The van der Waals surface area contributed by atoms with Crippen LogP contribution in [0.15, 0.2) is 42.5 Å². The van der Waals surface area contributed by atoms with Gasteiger partial charge >= 0.3 is 0 Å². The summed E-state index contributed by atoms with van der Waals surface area (Å²) in [7, 11) is 1.61. The number of aliphatic hydroxyl groups excluding tert-OH is 1. The standard InChI is InChI=1S/C17H21NO3/c1-12(18)15-7-8-16(17(9-15)20-2)21-11-14-5-3-13(10-19)4-6-14/h3-9,12,19H,10-11,18H2,1-2H3/t12-/m1/s1. The van der Waals surface area contributed by atoms with Gasteiger partial charge in [0.2, 0.25) is 0 Å². The van der Waals surface area contributed by atoms with Gasteiger partial charge in [0.1, 0.15) is 6.61 Å². The topological polar surface area (TPSA) is 64.7 Å². The van der Waals surface area contributed by atoms with E-state index < -0.39 is 0 Å². The molecule has 0 fully saturated rings. The summed E-state index contributed by atoms with van der Waals surface area (Å²) in [5, 5.41) is 9.02. The summed E-state index contributed by atoms with van der Waals surface area (Å²) in [6, 6.07) is 13.3. The Balaban J connectivity index is 2.08. The van der Waals surface area contributed by atoms with Crippen LogP contribution >= 0.6 is 0 Å². The predicted octanol–water partition coefficient (Wildman–Crippen LogP) is 2.79. The van der Waals surface area contributed by atoms with Crippen LogP contribution in [0.25, 0.3) is 0 Å². The molecule has 0 amide bonds. The van der Waals surface area contributed by atoms with Crippen molar-refractivity contribution in [3.63, 3.8) is 0 Å². The molecule has 0 heterocycles. The Morgan fingerprint density at radius 2 is 1.71 bits per heavy atom. The molecule has 4 heteroatoms. The summed E-state index contributed by atoms with van der Waals surface area (Å²) in [5.74, 6) is 1.37. The summed E-state index contributed by atoms with van der Waals surface area (Å²) >= 11 is 0. The third-order valence-corrected chi connectivity index (χ3v) is 3.31. The Morgan fingerprint density at radius 1 is 1.05 bits per heavy atom. The van der Waals surface area contributed by atoms with Crippen molar-refractivity contribution in [2.45, 2.75) is 26.2 Å². The minimum absolute atomic E-state index is 0.0426. The Hall–Kier alpha value is -2.04. The maximum absolute atomic E-state index is 9.02. The summed E-state index contributed by atoms with van der Waals surface area (Å²) in [6.07, 6.45) is 0. The predicted molar refractivity (Wildman–Crippen MR) is 82.3 cm³/mol. The van der Waals surface area contributed by atoms with E-state index in [1.165, 1.54) is 0 Å². The van der Waals surface area contributed by atoms with Crippen LogP contribution < -0.4 is 15.2 Å². The van der Waals surface area contributed by atoms with Gasteiger partial charge in [-0.25, -0.2) is 0 Å². The van der Waals surface area contributed by atoms with E-state index in [2.05, 4.69) is 0 Å². The summed E-state index contributed by atoms with van der Waals surface area (Å²) in [5.41, 5.74) is 8.79. The second-order valence-electron chi connectivity index (χ2n) is 4.96. The Bertz CT molecular complexity index is 579. The van der Waals surface area contributed by atoms with Crippen LogP contribution in [0.2, 0.25) is 0 Å². The van der Waals surface area contributed by atoms with Crippen LogP contribution in [0.1, 0.15) is 29.7 Å². The minimum atomic E-state index is -0.0426. The lowest BCUT2D eigenvalue weighted by Crippen LogP contribution is -2.05. The number of rotatable bonds is 6. The van der Waals surface area contributed by atoms with Gasteiger partial charge in [0.05, 0.1) is 13.7 Å². The van der Waals surface area contributed by atoms with Crippen LogP contribution in [0.4, 0.5) is 0 Å². The quantitative estimate of drug-likeness (QED) is 0.857. The maximum atomic E-state index is 9.02. The smallest absolute Gasteiger partial charge is 0.161 e. The van der Waals surface area contributed by atoms with Crippen LogP contribution in [0, 0.1) is 0 Å². The molecule has 112 valence electrons. The molecule has 0 aliphatic heterocycles. The van der Waals surface area contributed by atoms with Crippen LogP contribution in [-0.2, 0) is 13.2 Å². The molecule has 21 heavy (non-hydrogen) atoms. The molecule has 0 radical (unpaired) electrons. The highest BCUT2D eigenvalue weighted by Crippen LogP contribution is 2.30. The lowest BCUT2D eigenvalue weighted by atomic mass is 10.1. The molecule has 0 unspecified atom stereocenters. The van der Waals surface area contributed by atoms with E-state index in [9.17, 15) is 0 Å². The largest absolute Gasteiger partial charge is 0.493 e. The third-order valence-electron chi connectivity index (χ3n) is 3.31. The Morgan fingerprint density at radius 3 is 2.29 bits per heavy atom. The monoisotopic (exact) mass is 287 g/mol. The molecule has 0 spiro atoms. The number of ether oxygens (including phenoxy) is 2. The zero-order chi connectivity index (χ0) is 15.2. The van der Waals surface area contributed by atoms with Crippen LogP contribution in [-0.4, -0.2) is 12.2 Å². The van der Waals surface area contributed by atoms with E-state index in [0.29, 0.717) is 18.1 Å². The first-order chi connectivity index (χ1) is 10.1. The molecule has 2 rings (SSSR count). The Labute approximate surface area is 125 Å². The van der Waals surface area contributed by atoms with Crippen LogP contribution in [0.3, 0.4) is 0 Å². The highest BCUT2D eigenvalue weighted by molar-refractivity contribution is 5.43. The third kappa shape index (κ3) is 3.97. The highest BCUT2D eigenvalue weighted by Gasteiger charge is 2.08. The molecule has 0 aliphatic carbocycles. The van der Waals surface area contributed by atoms with Gasteiger partial charge in [-0.3, -0.25) is 0 Å². The highest BCUT2D eigenvalue weighted by atomic mass is 16.5.